The molecular formula is C15H27NO3. The number of hydrogen-bond acceptors (Lipinski definition) is 3. The van der Waals surface area contributed by atoms with Gasteiger partial charge in [-0.15, -0.1) is 0 Å². The van der Waals surface area contributed by atoms with Crippen LogP contribution in [0.15, 0.2) is 0 Å². The van der Waals surface area contributed by atoms with Crippen molar-refractivity contribution in [2.24, 2.45) is 17.3 Å². The molecule has 0 aromatic heterocycles. The topological polar surface area (TPSA) is 46.6 Å². The number of carbonyl (C=O) groups is 2. The highest BCUT2D eigenvalue weighted by molar-refractivity contribution is 5.78. The predicted octanol–water partition coefficient (Wildman–Crippen LogP) is 2.47. The first-order valence-corrected chi connectivity index (χ1v) is 7.11. The van der Waals surface area contributed by atoms with Crippen LogP contribution in [-0.4, -0.2) is 37.0 Å². The summed E-state index contributed by atoms with van der Waals surface area (Å²) in [5.41, 5.74) is 0.132. The van der Waals surface area contributed by atoms with Crippen molar-refractivity contribution < 1.29 is 14.3 Å². The van der Waals surface area contributed by atoms with Crippen LogP contribution in [0.4, 0.5) is 0 Å². The number of rotatable bonds is 3. The number of methoxy groups -OCH3 is 1. The molecule has 1 heterocycles. The molecule has 1 saturated heterocycles. The van der Waals surface area contributed by atoms with E-state index in [1.54, 1.807) is 0 Å². The van der Waals surface area contributed by atoms with Crippen LogP contribution in [0.2, 0.25) is 0 Å². The normalized spacial score (nSPS) is 21.9. The molecule has 0 N–H and O–H groups in total. The number of hydrogen-bond donors (Lipinski definition) is 0. The van der Waals surface area contributed by atoms with Gasteiger partial charge in [-0.2, -0.15) is 0 Å². The van der Waals surface area contributed by atoms with Crippen LogP contribution in [0.5, 0.6) is 0 Å². The number of amides is 1. The minimum absolute atomic E-state index is 0.132. The van der Waals surface area contributed by atoms with Crippen molar-refractivity contribution in [1.82, 2.24) is 4.90 Å². The summed E-state index contributed by atoms with van der Waals surface area (Å²) < 4.78 is 4.78. The van der Waals surface area contributed by atoms with E-state index in [9.17, 15) is 9.59 Å². The lowest BCUT2D eigenvalue weighted by Crippen LogP contribution is -2.43. The number of nitrogens with zero attached hydrogens (tertiary/aromatic N) is 1. The van der Waals surface area contributed by atoms with Gasteiger partial charge in [0, 0.05) is 19.5 Å². The van der Waals surface area contributed by atoms with Gasteiger partial charge >= 0.3 is 5.97 Å². The van der Waals surface area contributed by atoms with Crippen molar-refractivity contribution in [1.29, 1.82) is 0 Å². The molecule has 0 saturated carbocycles. The maximum atomic E-state index is 12.3. The molecule has 1 amide bonds. The average Bonchev–Trinajstić information content (AvgIpc) is 2.36. The van der Waals surface area contributed by atoms with Crippen LogP contribution in [0.1, 0.15) is 47.0 Å². The molecule has 2 unspecified atom stereocenters. The molecule has 2 atom stereocenters. The summed E-state index contributed by atoms with van der Waals surface area (Å²) in [7, 11) is 1.41. The Kier molecular flexibility index (Phi) is 5.39. The van der Waals surface area contributed by atoms with Crippen molar-refractivity contribution in [3.05, 3.63) is 0 Å². The van der Waals surface area contributed by atoms with Gasteiger partial charge in [-0.05, 0) is 24.2 Å². The lowest BCUT2D eigenvalue weighted by Gasteiger charge is -2.34. The zero-order valence-corrected chi connectivity index (χ0v) is 12.9. The van der Waals surface area contributed by atoms with Gasteiger partial charge in [0.05, 0.1) is 13.0 Å². The summed E-state index contributed by atoms with van der Waals surface area (Å²) in [6.45, 7) is 9.85. The smallest absolute Gasteiger partial charge is 0.310 e. The van der Waals surface area contributed by atoms with E-state index in [0.29, 0.717) is 18.9 Å². The largest absolute Gasteiger partial charge is 0.469 e. The Bertz CT molecular complexity index is 333. The van der Waals surface area contributed by atoms with Crippen molar-refractivity contribution in [2.45, 2.75) is 47.0 Å². The number of esters is 1. The number of carbonyl (C=O) groups excluding carboxylic acids is 2. The molecule has 1 aliphatic heterocycles. The van der Waals surface area contributed by atoms with Gasteiger partial charge < -0.3 is 9.64 Å². The Balaban J connectivity index is 2.55. The van der Waals surface area contributed by atoms with Gasteiger partial charge in [0.15, 0.2) is 0 Å². The molecule has 0 spiro atoms. The summed E-state index contributed by atoms with van der Waals surface area (Å²) in [5.74, 6) is 0.156. The van der Waals surface area contributed by atoms with E-state index in [1.165, 1.54) is 7.11 Å². The minimum Gasteiger partial charge on any atom is -0.469 e. The SMILES string of the molecule is COC(=O)C1CCCN(C(=O)CC(C)C(C)(C)C)C1. The van der Waals surface area contributed by atoms with Gasteiger partial charge in [0.25, 0.3) is 0 Å². The van der Waals surface area contributed by atoms with Crippen LogP contribution < -0.4 is 0 Å². The lowest BCUT2D eigenvalue weighted by molar-refractivity contribution is -0.149. The molecule has 19 heavy (non-hydrogen) atoms. The Morgan fingerprint density at radius 1 is 1.37 bits per heavy atom. The monoisotopic (exact) mass is 269 g/mol. The third-order valence-electron chi connectivity index (χ3n) is 4.27. The quantitative estimate of drug-likeness (QED) is 0.739. The fourth-order valence-corrected chi connectivity index (χ4v) is 2.26. The summed E-state index contributed by atoms with van der Waals surface area (Å²) in [4.78, 5) is 25.7. The fraction of sp³-hybridized carbons (Fsp3) is 0.867. The Morgan fingerprint density at radius 2 is 2.00 bits per heavy atom. The molecule has 110 valence electrons. The first kappa shape index (κ1) is 16.0. The molecule has 1 aliphatic rings. The van der Waals surface area contributed by atoms with Gasteiger partial charge in [0.2, 0.25) is 5.91 Å². The molecule has 0 aromatic rings. The zero-order chi connectivity index (χ0) is 14.6. The molecule has 0 aliphatic carbocycles. The summed E-state index contributed by atoms with van der Waals surface area (Å²) >= 11 is 0. The standard InChI is InChI=1S/C15H27NO3/c1-11(15(2,3)4)9-13(17)16-8-6-7-12(10-16)14(18)19-5/h11-12H,6-10H2,1-5H3. The number of likely N-dealkylation sites (tertiary alicyclic amines) is 1. The maximum absolute atomic E-state index is 12.3. The van der Waals surface area contributed by atoms with Gasteiger partial charge in [0.1, 0.15) is 0 Å². The summed E-state index contributed by atoms with van der Waals surface area (Å²) in [6, 6.07) is 0. The van der Waals surface area contributed by atoms with Gasteiger partial charge in [-0.3, -0.25) is 9.59 Å². The van der Waals surface area contributed by atoms with E-state index in [2.05, 4.69) is 27.7 Å². The van der Waals surface area contributed by atoms with Crippen molar-refractivity contribution >= 4 is 11.9 Å². The molecule has 0 radical (unpaired) electrons. The van der Waals surface area contributed by atoms with E-state index in [-0.39, 0.29) is 23.2 Å². The van der Waals surface area contributed by atoms with Crippen LogP contribution in [0, 0.1) is 17.3 Å². The van der Waals surface area contributed by atoms with Crippen LogP contribution in [0.3, 0.4) is 0 Å². The van der Waals surface area contributed by atoms with Crippen molar-refractivity contribution in [3.8, 4) is 0 Å². The third kappa shape index (κ3) is 4.51. The maximum Gasteiger partial charge on any atom is 0.310 e. The average molecular weight is 269 g/mol. The van der Waals surface area contributed by atoms with Crippen LogP contribution >= 0.6 is 0 Å². The van der Waals surface area contributed by atoms with E-state index in [4.69, 9.17) is 4.74 Å². The third-order valence-corrected chi connectivity index (χ3v) is 4.27. The molecule has 4 nitrogen and oxygen atoms in total. The van der Waals surface area contributed by atoms with E-state index >= 15 is 0 Å². The molecule has 4 heteroatoms. The summed E-state index contributed by atoms with van der Waals surface area (Å²) in [5, 5.41) is 0. The minimum atomic E-state index is -0.193. The molecule has 0 aromatic carbocycles. The molecule has 1 fully saturated rings. The Morgan fingerprint density at radius 3 is 2.53 bits per heavy atom. The zero-order valence-electron chi connectivity index (χ0n) is 12.9. The predicted molar refractivity (Wildman–Crippen MR) is 74.6 cm³/mol. The second kappa shape index (κ2) is 6.40. The lowest BCUT2D eigenvalue weighted by atomic mass is 9.80. The van der Waals surface area contributed by atoms with E-state index in [0.717, 1.165) is 19.4 Å². The fourth-order valence-electron chi connectivity index (χ4n) is 2.26. The first-order chi connectivity index (χ1) is 8.75. The molecule has 1 rings (SSSR count). The highest BCUT2D eigenvalue weighted by Crippen LogP contribution is 2.29. The second-order valence-corrected chi connectivity index (χ2v) is 6.67. The highest BCUT2D eigenvalue weighted by atomic mass is 16.5. The number of ether oxygens (including phenoxy) is 1. The van der Waals surface area contributed by atoms with Crippen molar-refractivity contribution in [3.63, 3.8) is 0 Å². The van der Waals surface area contributed by atoms with Crippen molar-refractivity contribution in [2.75, 3.05) is 20.2 Å². The van der Waals surface area contributed by atoms with Crippen LogP contribution in [-0.2, 0) is 14.3 Å². The van der Waals surface area contributed by atoms with E-state index < -0.39 is 0 Å². The van der Waals surface area contributed by atoms with Gasteiger partial charge in [-0.25, -0.2) is 0 Å². The Hall–Kier alpha value is -1.06. The summed E-state index contributed by atoms with van der Waals surface area (Å²) in [6.07, 6.45) is 2.26. The second-order valence-electron chi connectivity index (χ2n) is 6.67. The number of piperidine rings is 1. The van der Waals surface area contributed by atoms with Gasteiger partial charge in [-0.1, -0.05) is 27.7 Å². The van der Waals surface area contributed by atoms with Crippen LogP contribution in [0.25, 0.3) is 0 Å². The highest BCUT2D eigenvalue weighted by Gasteiger charge is 2.31. The molecule has 0 bridgehead atoms. The first-order valence-electron chi connectivity index (χ1n) is 7.11. The molecular weight excluding hydrogens is 242 g/mol. The van der Waals surface area contributed by atoms with E-state index in [1.807, 2.05) is 4.90 Å². The Labute approximate surface area is 116 Å².